The largest absolute Gasteiger partial charge is 0.459 e. The van der Waals surface area contributed by atoms with Gasteiger partial charge in [0, 0.05) is 25.2 Å². The number of hydrogen-bond donors (Lipinski definition) is 3. The van der Waals surface area contributed by atoms with E-state index in [4.69, 9.17) is 25.8 Å². The lowest BCUT2D eigenvalue weighted by atomic mass is 9.55. The van der Waals surface area contributed by atoms with Gasteiger partial charge in [-0.1, -0.05) is 31.7 Å². The van der Waals surface area contributed by atoms with Crippen molar-refractivity contribution in [2.45, 2.75) is 75.6 Å². The Hall–Kier alpha value is -2.20. The van der Waals surface area contributed by atoms with Crippen LogP contribution >= 0.6 is 11.6 Å². The van der Waals surface area contributed by atoms with Gasteiger partial charge < -0.3 is 29.5 Å². The van der Waals surface area contributed by atoms with Gasteiger partial charge in [0.05, 0.1) is 16.9 Å². The van der Waals surface area contributed by atoms with Crippen LogP contribution in [0.5, 0.6) is 0 Å². The molecule has 3 rings (SSSR count). The lowest BCUT2D eigenvalue weighted by Crippen LogP contribution is -2.70. The first-order valence-corrected chi connectivity index (χ1v) is 11.4. The lowest BCUT2D eigenvalue weighted by Gasteiger charge is -2.56. The van der Waals surface area contributed by atoms with Crippen LogP contribution in [0.3, 0.4) is 0 Å². The Bertz CT molecular complexity index is 956. The van der Waals surface area contributed by atoms with Gasteiger partial charge in [-0.3, -0.25) is 14.4 Å². The van der Waals surface area contributed by atoms with Gasteiger partial charge in [0.15, 0.2) is 11.7 Å². The number of hydrogen-bond acceptors (Lipinski definition) is 9. The molecule has 1 fully saturated rings. The molecule has 1 unspecified atom stereocenters. The highest BCUT2D eigenvalue weighted by Crippen LogP contribution is 2.55. The third kappa shape index (κ3) is 3.98. The van der Waals surface area contributed by atoms with Crippen molar-refractivity contribution in [3.8, 4) is 0 Å². The first-order chi connectivity index (χ1) is 15.6. The van der Waals surface area contributed by atoms with Gasteiger partial charge in [-0.15, -0.1) is 11.6 Å². The minimum atomic E-state index is -2.23. The summed E-state index contributed by atoms with van der Waals surface area (Å²) in [5.74, 6) is -4.75. The van der Waals surface area contributed by atoms with Crippen molar-refractivity contribution in [3.05, 3.63) is 36.5 Å². The van der Waals surface area contributed by atoms with E-state index in [0.29, 0.717) is 0 Å². The quantitative estimate of drug-likeness (QED) is 0.221. The highest BCUT2D eigenvalue weighted by molar-refractivity contribution is 6.23. The molecule has 3 aliphatic rings. The van der Waals surface area contributed by atoms with Crippen LogP contribution in [-0.4, -0.2) is 74.2 Å². The number of rotatable bonds is 2. The molecule has 1 heterocycles. The molecule has 10 heteroatoms. The molecular formula is C24H31ClO9. The first kappa shape index (κ1) is 26.4. The number of carbonyl (C=O) groups excluding carboxylic acids is 3. The monoisotopic (exact) mass is 498 g/mol. The van der Waals surface area contributed by atoms with Crippen LogP contribution in [0.2, 0.25) is 0 Å². The second-order valence-electron chi connectivity index (χ2n) is 9.74. The average molecular weight is 499 g/mol. The molecule has 0 aromatic heterocycles. The fraction of sp³-hybridized carbons (Fsp3) is 0.625. The van der Waals surface area contributed by atoms with Crippen molar-refractivity contribution in [1.82, 2.24) is 0 Å². The predicted octanol–water partition coefficient (Wildman–Crippen LogP) is 1.18. The number of aliphatic hydroxyl groups excluding tert-OH is 1. The molecule has 3 N–H and O–H groups in total. The van der Waals surface area contributed by atoms with Gasteiger partial charge in [-0.25, -0.2) is 0 Å². The van der Waals surface area contributed by atoms with Crippen molar-refractivity contribution in [2.75, 3.05) is 0 Å². The van der Waals surface area contributed by atoms with E-state index in [2.05, 4.69) is 6.58 Å². The summed E-state index contributed by atoms with van der Waals surface area (Å²) >= 11 is 6.59. The van der Waals surface area contributed by atoms with Gasteiger partial charge in [0.25, 0.3) is 0 Å². The number of alkyl halides is 1. The number of allylic oxidation sites excluding steroid dienone is 1. The minimum Gasteiger partial charge on any atom is -0.459 e. The number of aliphatic hydroxyl groups is 3. The highest BCUT2D eigenvalue weighted by atomic mass is 35.5. The molecule has 1 aliphatic heterocycles. The van der Waals surface area contributed by atoms with Crippen LogP contribution in [0.4, 0.5) is 0 Å². The SMILES string of the molecule is C=C1/C=C\[C@@H](OC(C)=O)[C@@]2(C)C=CC(O)[C@@](C)(O)[C@@H]2[C@@H](OC(C)=O)[C@]2(O)[C@@H](C)C(=O)O[C@H]2[C@H]1Cl. The van der Waals surface area contributed by atoms with Gasteiger partial charge in [0.1, 0.15) is 18.3 Å². The molecule has 0 saturated carbocycles. The van der Waals surface area contributed by atoms with Gasteiger partial charge in [0.2, 0.25) is 0 Å². The molecule has 10 atom stereocenters. The maximum absolute atomic E-state index is 12.7. The van der Waals surface area contributed by atoms with Gasteiger partial charge in [-0.2, -0.15) is 0 Å². The second-order valence-corrected chi connectivity index (χ2v) is 10.2. The van der Waals surface area contributed by atoms with E-state index in [1.807, 2.05) is 0 Å². The molecule has 0 aromatic carbocycles. The molecule has 2 aliphatic carbocycles. The summed E-state index contributed by atoms with van der Waals surface area (Å²) < 4.78 is 16.7. The van der Waals surface area contributed by atoms with Crippen molar-refractivity contribution < 1.29 is 43.9 Å². The summed E-state index contributed by atoms with van der Waals surface area (Å²) in [4.78, 5) is 37.0. The predicted molar refractivity (Wildman–Crippen MR) is 120 cm³/mol. The van der Waals surface area contributed by atoms with Crippen molar-refractivity contribution in [1.29, 1.82) is 0 Å². The molecule has 9 nitrogen and oxygen atoms in total. The molecule has 0 bridgehead atoms. The Morgan fingerprint density at radius 2 is 1.74 bits per heavy atom. The number of ether oxygens (including phenoxy) is 3. The minimum absolute atomic E-state index is 0.249. The topological polar surface area (TPSA) is 140 Å². The second kappa shape index (κ2) is 8.78. The van der Waals surface area contributed by atoms with Crippen LogP contribution in [-0.2, 0) is 28.6 Å². The molecule has 1 saturated heterocycles. The summed E-state index contributed by atoms with van der Waals surface area (Å²) in [5, 5.41) is 33.3. The number of carbonyl (C=O) groups is 3. The molecule has 34 heavy (non-hydrogen) atoms. The Morgan fingerprint density at radius 1 is 1.15 bits per heavy atom. The maximum atomic E-state index is 12.7. The summed E-state index contributed by atoms with van der Waals surface area (Å²) in [5.41, 5.74) is -5.33. The number of esters is 3. The summed E-state index contributed by atoms with van der Waals surface area (Å²) in [6, 6.07) is 0. The average Bonchev–Trinajstić information content (AvgIpc) is 2.96. The van der Waals surface area contributed by atoms with E-state index in [0.717, 1.165) is 6.92 Å². The molecule has 0 radical (unpaired) electrons. The zero-order chi connectivity index (χ0) is 25.8. The summed E-state index contributed by atoms with van der Waals surface area (Å²) in [6.45, 7) is 10.6. The fourth-order valence-electron chi connectivity index (χ4n) is 5.43. The maximum Gasteiger partial charge on any atom is 0.312 e. The standard InChI is InChI=1S/C24H31ClO9/c1-11-7-8-16(32-13(3)26)22(5)10-9-15(28)23(6,30)18(22)20(33-14(4)27)24(31)12(2)21(29)34-19(24)17(11)25/h7-10,12,15-20,28,30-31H,1H2,2-6H3/b8-7-/t12-,15?,16+,17-,18+,19-,20+,22+,23+,24-/m0/s1. The van der Waals surface area contributed by atoms with E-state index in [1.165, 1.54) is 45.1 Å². The van der Waals surface area contributed by atoms with Crippen molar-refractivity contribution >= 4 is 29.5 Å². The van der Waals surface area contributed by atoms with Crippen LogP contribution in [0, 0.1) is 17.3 Å². The van der Waals surface area contributed by atoms with Crippen LogP contribution in [0.1, 0.15) is 34.6 Å². The fourth-order valence-corrected chi connectivity index (χ4v) is 5.76. The first-order valence-electron chi connectivity index (χ1n) is 11.0. The zero-order valence-corrected chi connectivity index (χ0v) is 20.5. The molecular weight excluding hydrogens is 468 g/mol. The Morgan fingerprint density at radius 3 is 2.29 bits per heavy atom. The van der Waals surface area contributed by atoms with E-state index in [-0.39, 0.29) is 5.57 Å². The smallest absolute Gasteiger partial charge is 0.312 e. The normalized spacial score (nSPS) is 47.1. The number of halogens is 1. The van der Waals surface area contributed by atoms with Gasteiger partial charge >= 0.3 is 17.9 Å². The molecule has 188 valence electrons. The molecule has 0 amide bonds. The number of fused-ring (bicyclic) bond motifs is 2. The Labute approximate surface area is 203 Å². The molecule has 0 aromatic rings. The van der Waals surface area contributed by atoms with Crippen LogP contribution in [0.15, 0.2) is 36.5 Å². The molecule has 0 spiro atoms. The van der Waals surface area contributed by atoms with Crippen molar-refractivity contribution in [2.24, 2.45) is 17.3 Å². The van der Waals surface area contributed by atoms with E-state index in [1.54, 1.807) is 6.92 Å². The highest BCUT2D eigenvalue weighted by Gasteiger charge is 2.70. The Kier molecular flexibility index (Phi) is 6.82. The van der Waals surface area contributed by atoms with E-state index in [9.17, 15) is 29.7 Å². The van der Waals surface area contributed by atoms with Crippen LogP contribution in [0.25, 0.3) is 0 Å². The van der Waals surface area contributed by atoms with E-state index >= 15 is 0 Å². The van der Waals surface area contributed by atoms with Gasteiger partial charge in [-0.05, 0) is 25.5 Å². The van der Waals surface area contributed by atoms with Crippen molar-refractivity contribution in [3.63, 3.8) is 0 Å². The Balaban J connectivity index is 2.40. The van der Waals surface area contributed by atoms with E-state index < -0.39 is 76.2 Å². The lowest BCUT2D eigenvalue weighted by molar-refractivity contribution is -0.239. The summed E-state index contributed by atoms with van der Waals surface area (Å²) in [6.07, 6.45) is 0.379. The third-order valence-electron chi connectivity index (χ3n) is 7.34. The zero-order valence-electron chi connectivity index (χ0n) is 19.7. The summed E-state index contributed by atoms with van der Waals surface area (Å²) in [7, 11) is 0. The van der Waals surface area contributed by atoms with Crippen LogP contribution < -0.4 is 0 Å². The third-order valence-corrected chi connectivity index (χ3v) is 7.85.